The van der Waals surface area contributed by atoms with Gasteiger partial charge in [-0.05, 0) is 6.42 Å². The van der Waals surface area contributed by atoms with E-state index >= 15 is 0 Å². The smallest absolute Gasteiger partial charge is 0.303 e. The standard InChI is InChI=1S/C6H11NO4/c1-11-7-5(8)3-2-4-6(9)10/h2-4H2,1H3,(H,7,8)(H,9,10). The number of carbonyl (C=O) groups is 2. The lowest BCUT2D eigenvalue weighted by atomic mass is 10.2. The average molecular weight is 161 g/mol. The van der Waals surface area contributed by atoms with Crippen LogP contribution in [0.3, 0.4) is 0 Å². The third-order valence-electron chi connectivity index (χ3n) is 1.01. The SMILES string of the molecule is CONC(=O)CCCC(=O)O. The molecule has 0 spiro atoms. The van der Waals surface area contributed by atoms with Gasteiger partial charge in [0.25, 0.3) is 0 Å². The zero-order valence-corrected chi connectivity index (χ0v) is 6.29. The molecule has 0 aliphatic heterocycles. The van der Waals surface area contributed by atoms with Gasteiger partial charge in [0.05, 0.1) is 7.11 Å². The van der Waals surface area contributed by atoms with Crippen LogP contribution in [0.15, 0.2) is 0 Å². The van der Waals surface area contributed by atoms with Crippen molar-refractivity contribution in [2.24, 2.45) is 0 Å². The van der Waals surface area contributed by atoms with Crippen LogP contribution in [0.1, 0.15) is 19.3 Å². The summed E-state index contributed by atoms with van der Waals surface area (Å²) >= 11 is 0. The molecule has 0 aromatic carbocycles. The van der Waals surface area contributed by atoms with Crippen molar-refractivity contribution in [3.63, 3.8) is 0 Å². The quantitative estimate of drug-likeness (QED) is 0.553. The van der Waals surface area contributed by atoms with E-state index in [9.17, 15) is 9.59 Å². The molecule has 0 aromatic rings. The van der Waals surface area contributed by atoms with Crippen LogP contribution in [0.2, 0.25) is 0 Å². The van der Waals surface area contributed by atoms with E-state index in [1.165, 1.54) is 7.11 Å². The molecular formula is C6H11NO4. The Bertz CT molecular complexity index is 146. The van der Waals surface area contributed by atoms with Crippen LogP contribution in [-0.2, 0) is 14.4 Å². The third kappa shape index (κ3) is 6.79. The van der Waals surface area contributed by atoms with Gasteiger partial charge in [-0.1, -0.05) is 0 Å². The highest BCUT2D eigenvalue weighted by atomic mass is 16.6. The summed E-state index contributed by atoms with van der Waals surface area (Å²) in [5, 5.41) is 8.19. The second kappa shape index (κ2) is 5.67. The summed E-state index contributed by atoms with van der Waals surface area (Å²) in [6.45, 7) is 0. The van der Waals surface area contributed by atoms with Crippen LogP contribution in [0, 0.1) is 0 Å². The van der Waals surface area contributed by atoms with E-state index in [0.29, 0.717) is 6.42 Å². The number of carbonyl (C=O) groups excluding carboxylic acids is 1. The largest absolute Gasteiger partial charge is 0.481 e. The van der Waals surface area contributed by atoms with Crippen molar-refractivity contribution in [2.75, 3.05) is 7.11 Å². The van der Waals surface area contributed by atoms with Crippen LogP contribution < -0.4 is 5.48 Å². The molecule has 0 unspecified atom stereocenters. The Labute approximate surface area is 64.3 Å². The molecule has 5 nitrogen and oxygen atoms in total. The van der Waals surface area contributed by atoms with Crippen molar-refractivity contribution in [2.45, 2.75) is 19.3 Å². The van der Waals surface area contributed by atoms with Crippen molar-refractivity contribution in [3.05, 3.63) is 0 Å². The first-order chi connectivity index (χ1) is 5.16. The molecule has 0 saturated carbocycles. The van der Waals surface area contributed by atoms with Gasteiger partial charge in [-0.2, -0.15) is 0 Å². The van der Waals surface area contributed by atoms with E-state index in [1.807, 2.05) is 0 Å². The highest BCUT2D eigenvalue weighted by molar-refractivity contribution is 5.75. The predicted octanol–water partition coefficient (Wildman–Crippen LogP) is -0.0811. The molecule has 64 valence electrons. The first-order valence-electron chi connectivity index (χ1n) is 3.20. The van der Waals surface area contributed by atoms with E-state index in [0.717, 1.165) is 0 Å². The van der Waals surface area contributed by atoms with Crippen molar-refractivity contribution >= 4 is 11.9 Å². The number of rotatable bonds is 5. The maximum atomic E-state index is 10.6. The Kier molecular flexibility index (Phi) is 5.10. The molecule has 0 bridgehead atoms. The van der Waals surface area contributed by atoms with Gasteiger partial charge in [0.15, 0.2) is 0 Å². The number of carboxylic acids is 1. The number of carboxylic acid groups (broad SMARTS) is 1. The fourth-order valence-corrected chi connectivity index (χ4v) is 0.565. The topological polar surface area (TPSA) is 75.6 Å². The Morgan fingerprint density at radius 2 is 2.09 bits per heavy atom. The Hall–Kier alpha value is -1.10. The van der Waals surface area contributed by atoms with Gasteiger partial charge in [0.2, 0.25) is 5.91 Å². The second-order valence-corrected chi connectivity index (χ2v) is 1.98. The van der Waals surface area contributed by atoms with E-state index in [1.54, 1.807) is 0 Å². The van der Waals surface area contributed by atoms with Gasteiger partial charge in [0.1, 0.15) is 0 Å². The Balaban J connectivity index is 3.24. The molecule has 0 aromatic heterocycles. The summed E-state index contributed by atoms with van der Waals surface area (Å²) < 4.78 is 0. The lowest BCUT2D eigenvalue weighted by Gasteiger charge is -1.98. The predicted molar refractivity (Wildman–Crippen MR) is 36.6 cm³/mol. The summed E-state index contributed by atoms with van der Waals surface area (Å²) in [4.78, 5) is 24.9. The van der Waals surface area contributed by atoms with Crippen molar-refractivity contribution in [1.29, 1.82) is 0 Å². The molecule has 0 fully saturated rings. The average Bonchev–Trinajstić information content (AvgIpc) is 1.87. The lowest BCUT2D eigenvalue weighted by molar-refractivity contribution is -0.137. The number of aliphatic carboxylic acids is 1. The summed E-state index contributed by atoms with van der Waals surface area (Å²) in [5.41, 5.74) is 2.09. The third-order valence-corrected chi connectivity index (χ3v) is 1.01. The van der Waals surface area contributed by atoms with Crippen LogP contribution in [0.5, 0.6) is 0 Å². The van der Waals surface area contributed by atoms with Crippen molar-refractivity contribution in [1.82, 2.24) is 5.48 Å². The number of hydrogen-bond donors (Lipinski definition) is 2. The van der Waals surface area contributed by atoms with Gasteiger partial charge in [-0.3, -0.25) is 14.4 Å². The second-order valence-electron chi connectivity index (χ2n) is 1.98. The zero-order valence-electron chi connectivity index (χ0n) is 6.29. The monoisotopic (exact) mass is 161 g/mol. The fraction of sp³-hybridized carbons (Fsp3) is 0.667. The number of hydrogen-bond acceptors (Lipinski definition) is 3. The Morgan fingerprint density at radius 3 is 2.55 bits per heavy atom. The van der Waals surface area contributed by atoms with E-state index in [-0.39, 0.29) is 18.7 Å². The van der Waals surface area contributed by atoms with Crippen LogP contribution in [0.4, 0.5) is 0 Å². The maximum absolute atomic E-state index is 10.6. The molecule has 2 N–H and O–H groups in total. The molecule has 0 atom stereocenters. The maximum Gasteiger partial charge on any atom is 0.303 e. The molecule has 0 rings (SSSR count). The van der Waals surface area contributed by atoms with Crippen molar-refractivity contribution in [3.8, 4) is 0 Å². The van der Waals surface area contributed by atoms with E-state index < -0.39 is 5.97 Å². The number of hydroxylamine groups is 1. The minimum absolute atomic E-state index is 0.0110. The summed E-state index contributed by atoms with van der Waals surface area (Å²) in [5.74, 6) is -1.19. The van der Waals surface area contributed by atoms with Crippen molar-refractivity contribution < 1.29 is 19.5 Å². The van der Waals surface area contributed by atoms with Gasteiger partial charge in [-0.15, -0.1) is 0 Å². The van der Waals surface area contributed by atoms with Crippen LogP contribution in [-0.4, -0.2) is 24.1 Å². The van der Waals surface area contributed by atoms with E-state index in [4.69, 9.17) is 5.11 Å². The molecule has 0 aliphatic carbocycles. The number of nitrogens with one attached hydrogen (secondary N) is 1. The summed E-state index contributed by atoms with van der Waals surface area (Å²) in [6.07, 6.45) is 0.530. The molecule has 0 aliphatic rings. The molecule has 0 heterocycles. The van der Waals surface area contributed by atoms with Gasteiger partial charge in [-0.25, -0.2) is 5.48 Å². The minimum atomic E-state index is -0.893. The molecule has 5 heteroatoms. The van der Waals surface area contributed by atoms with Gasteiger partial charge in [0, 0.05) is 12.8 Å². The van der Waals surface area contributed by atoms with Crippen LogP contribution >= 0.6 is 0 Å². The molecular weight excluding hydrogens is 150 g/mol. The number of amides is 1. The highest BCUT2D eigenvalue weighted by Crippen LogP contribution is 1.94. The van der Waals surface area contributed by atoms with Crippen LogP contribution in [0.25, 0.3) is 0 Å². The first kappa shape index (κ1) is 9.90. The summed E-state index contributed by atoms with van der Waals surface area (Å²) in [7, 11) is 1.33. The lowest BCUT2D eigenvalue weighted by Crippen LogP contribution is -2.21. The summed E-state index contributed by atoms with van der Waals surface area (Å²) in [6, 6.07) is 0. The van der Waals surface area contributed by atoms with E-state index in [2.05, 4.69) is 10.3 Å². The molecule has 11 heavy (non-hydrogen) atoms. The first-order valence-corrected chi connectivity index (χ1v) is 3.20. The minimum Gasteiger partial charge on any atom is -0.481 e. The fourth-order valence-electron chi connectivity index (χ4n) is 0.565. The highest BCUT2D eigenvalue weighted by Gasteiger charge is 2.01. The molecule has 1 amide bonds. The zero-order chi connectivity index (χ0) is 8.69. The van der Waals surface area contributed by atoms with Gasteiger partial charge < -0.3 is 5.11 Å². The molecule has 0 radical (unpaired) electrons. The van der Waals surface area contributed by atoms with Gasteiger partial charge >= 0.3 is 5.97 Å². The molecule has 0 saturated heterocycles. The Morgan fingerprint density at radius 1 is 1.45 bits per heavy atom. The normalized spacial score (nSPS) is 9.18.